The summed E-state index contributed by atoms with van der Waals surface area (Å²) >= 11 is 0. The van der Waals surface area contributed by atoms with Crippen LogP contribution in [0.5, 0.6) is 0 Å². The van der Waals surface area contributed by atoms with Gasteiger partial charge in [0.25, 0.3) is 5.69 Å². The number of hydrogen-bond donors (Lipinski definition) is 2. The fourth-order valence-corrected chi connectivity index (χ4v) is 3.50. The van der Waals surface area contributed by atoms with Gasteiger partial charge in [-0.1, -0.05) is 12.1 Å². The molecule has 1 unspecified atom stereocenters. The number of nitro benzene ring substituents is 1. The highest BCUT2D eigenvalue weighted by Crippen LogP contribution is 2.13. The van der Waals surface area contributed by atoms with E-state index in [0.717, 1.165) is 50.9 Å². The number of carbonyl (C=O) groups excluding carboxylic acids is 1. The number of nitrogens with zero attached hydrogens (tertiary/aromatic N) is 3. The molecule has 166 valence electrons. The Labute approximate surface area is 193 Å². The average Bonchev–Trinajstić information content (AvgIpc) is 3.38. The van der Waals surface area contributed by atoms with Crippen LogP contribution in [0.2, 0.25) is 0 Å². The first-order valence-electron chi connectivity index (χ1n) is 10.3. The number of non-ortho nitro benzene ring substituents is 1. The van der Waals surface area contributed by atoms with Crippen molar-refractivity contribution in [3.63, 3.8) is 0 Å². The number of benzene rings is 1. The standard InChI is InChI=1S/C20H29N5O4.HI/c26-19-5-1-11-24(19)12-3-10-21-20(23-15-18-4-2-13-29-18)22-14-16-6-8-17(9-7-16)25(27)28;/h6-9,18H,1-5,10-15H2,(H2,21,22,23);1H. The van der Waals surface area contributed by atoms with Crippen LogP contribution in [-0.2, 0) is 16.1 Å². The van der Waals surface area contributed by atoms with Gasteiger partial charge in [0.1, 0.15) is 0 Å². The highest BCUT2D eigenvalue weighted by molar-refractivity contribution is 14.0. The van der Waals surface area contributed by atoms with Gasteiger partial charge in [-0.3, -0.25) is 14.9 Å². The van der Waals surface area contributed by atoms with Crippen molar-refractivity contribution < 1.29 is 14.5 Å². The van der Waals surface area contributed by atoms with E-state index in [0.29, 0.717) is 32.0 Å². The third-order valence-electron chi connectivity index (χ3n) is 5.16. The molecule has 0 spiro atoms. The van der Waals surface area contributed by atoms with Crippen molar-refractivity contribution in [3.8, 4) is 0 Å². The molecule has 2 fully saturated rings. The summed E-state index contributed by atoms with van der Waals surface area (Å²) in [6.07, 6.45) is 4.79. The van der Waals surface area contributed by atoms with E-state index in [4.69, 9.17) is 4.74 Å². The van der Waals surface area contributed by atoms with Gasteiger partial charge >= 0.3 is 0 Å². The zero-order chi connectivity index (χ0) is 20.5. The van der Waals surface area contributed by atoms with Crippen LogP contribution in [0, 0.1) is 10.1 Å². The van der Waals surface area contributed by atoms with E-state index in [1.54, 1.807) is 12.1 Å². The molecule has 3 rings (SSSR count). The maximum absolute atomic E-state index is 11.7. The number of ether oxygens (including phenoxy) is 1. The second-order valence-corrected chi connectivity index (χ2v) is 7.37. The van der Waals surface area contributed by atoms with Crippen LogP contribution in [0.3, 0.4) is 0 Å². The highest BCUT2D eigenvalue weighted by atomic mass is 127. The Bertz CT molecular complexity index is 722. The van der Waals surface area contributed by atoms with Gasteiger partial charge in [-0.05, 0) is 31.2 Å². The van der Waals surface area contributed by atoms with Gasteiger partial charge in [-0.25, -0.2) is 4.99 Å². The predicted octanol–water partition coefficient (Wildman–Crippen LogP) is 2.44. The molecule has 2 heterocycles. The molecule has 0 aliphatic carbocycles. The van der Waals surface area contributed by atoms with Crippen LogP contribution < -0.4 is 10.6 Å². The highest BCUT2D eigenvalue weighted by Gasteiger charge is 2.19. The Morgan fingerprint density at radius 2 is 2.07 bits per heavy atom. The molecule has 0 saturated carbocycles. The topological polar surface area (TPSA) is 109 Å². The number of guanidine groups is 1. The van der Waals surface area contributed by atoms with Crippen LogP contribution in [-0.4, -0.2) is 60.6 Å². The van der Waals surface area contributed by atoms with E-state index in [-0.39, 0.29) is 41.7 Å². The lowest BCUT2D eigenvalue weighted by Gasteiger charge is -2.18. The molecule has 0 bridgehead atoms. The molecule has 1 aromatic carbocycles. The van der Waals surface area contributed by atoms with Crippen molar-refractivity contribution in [2.45, 2.75) is 44.8 Å². The fraction of sp³-hybridized carbons (Fsp3) is 0.600. The molecule has 1 amide bonds. The number of hydrogen-bond acceptors (Lipinski definition) is 5. The Morgan fingerprint density at radius 1 is 1.27 bits per heavy atom. The number of nitrogens with one attached hydrogen (secondary N) is 2. The molecule has 0 aromatic heterocycles. The first kappa shape index (κ1) is 24.3. The van der Waals surface area contributed by atoms with Crippen molar-refractivity contribution in [2.75, 3.05) is 32.8 Å². The maximum Gasteiger partial charge on any atom is 0.269 e. The van der Waals surface area contributed by atoms with Crippen molar-refractivity contribution in [3.05, 3.63) is 39.9 Å². The predicted molar refractivity (Wildman–Crippen MR) is 125 cm³/mol. The van der Waals surface area contributed by atoms with Crippen molar-refractivity contribution in [1.82, 2.24) is 15.5 Å². The molecule has 2 N–H and O–H groups in total. The van der Waals surface area contributed by atoms with E-state index in [2.05, 4.69) is 15.6 Å². The molecule has 1 atom stereocenters. The van der Waals surface area contributed by atoms with Crippen molar-refractivity contribution >= 4 is 41.5 Å². The van der Waals surface area contributed by atoms with E-state index in [1.165, 1.54) is 12.1 Å². The molecular weight excluding hydrogens is 501 g/mol. The largest absolute Gasteiger partial charge is 0.376 e. The van der Waals surface area contributed by atoms with Crippen molar-refractivity contribution in [2.24, 2.45) is 4.99 Å². The summed E-state index contributed by atoms with van der Waals surface area (Å²) in [5.74, 6) is 0.931. The molecule has 0 radical (unpaired) electrons. The minimum Gasteiger partial charge on any atom is -0.376 e. The molecule has 9 nitrogen and oxygen atoms in total. The van der Waals surface area contributed by atoms with Gasteiger partial charge in [0.2, 0.25) is 5.91 Å². The average molecular weight is 531 g/mol. The molecule has 1 aromatic rings. The number of nitro groups is 1. The van der Waals surface area contributed by atoms with Crippen molar-refractivity contribution in [1.29, 1.82) is 0 Å². The summed E-state index contributed by atoms with van der Waals surface area (Å²) in [6, 6.07) is 6.42. The smallest absolute Gasteiger partial charge is 0.269 e. The Kier molecular flexibility index (Phi) is 10.3. The first-order valence-corrected chi connectivity index (χ1v) is 10.3. The quantitative estimate of drug-likeness (QED) is 0.127. The summed E-state index contributed by atoms with van der Waals surface area (Å²) in [5, 5.41) is 17.4. The number of rotatable bonds is 9. The minimum absolute atomic E-state index is 0. The normalized spacial score (nSPS) is 18.9. The number of carbonyl (C=O) groups is 1. The number of aliphatic imine (C=N–C) groups is 1. The zero-order valence-corrected chi connectivity index (χ0v) is 19.4. The third-order valence-corrected chi connectivity index (χ3v) is 5.16. The lowest BCUT2D eigenvalue weighted by Crippen LogP contribution is -2.42. The summed E-state index contributed by atoms with van der Waals surface area (Å²) in [5.41, 5.74) is 0.973. The van der Waals surface area contributed by atoms with E-state index >= 15 is 0 Å². The second-order valence-electron chi connectivity index (χ2n) is 7.37. The molecular formula is C20H30IN5O4. The number of likely N-dealkylation sites (tertiary alicyclic amines) is 1. The van der Waals surface area contributed by atoms with Crippen LogP contribution in [0.25, 0.3) is 0 Å². The molecule has 2 aliphatic rings. The van der Waals surface area contributed by atoms with Gasteiger partial charge in [0, 0.05) is 51.3 Å². The SMILES string of the molecule is I.O=C1CCCN1CCCNC(=NCc1ccc([N+](=O)[O-])cc1)NCC1CCCO1. The number of halogens is 1. The molecule has 2 saturated heterocycles. The number of amides is 1. The van der Waals surface area contributed by atoms with Gasteiger partial charge < -0.3 is 20.3 Å². The fourth-order valence-electron chi connectivity index (χ4n) is 3.50. The summed E-state index contributed by atoms with van der Waals surface area (Å²) in [4.78, 5) is 28.6. The Balaban J connectivity index is 0.00000320. The minimum atomic E-state index is -0.408. The van der Waals surface area contributed by atoms with Gasteiger partial charge in [-0.2, -0.15) is 0 Å². The van der Waals surface area contributed by atoms with E-state index < -0.39 is 4.92 Å². The summed E-state index contributed by atoms with van der Waals surface area (Å²) < 4.78 is 5.65. The van der Waals surface area contributed by atoms with Gasteiger partial charge in [0.05, 0.1) is 17.6 Å². The zero-order valence-electron chi connectivity index (χ0n) is 17.0. The van der Waals surface area contributed by atoms with Crippen LogP contribution in [0.1, 0.15) is 37.7 Å². The van der Waals surface area contributed by atoms with E-state index in [1.807, 2.05) is 4.90 Å². The summed E-state index contributed by atoms with van der Waals surface area (Å²) in [7, 11) is 0. The lowest BCUT2D eigenvalue weighted by molar-refractivity contribution is -0.384. The molecule has 10 heteroatoms. The maximum atomic E-state index is 11.7. The molecule has 30 heavy (non-hydrogen) atoms. The third kappa shape index (κ3) is 7.71. The Morgan fingerprint density at radius 3 is 2.70 bits per heavy atom. The Hall–Kier alpha value is -1.95. The van der Waals surface area contributed by atoms with Crippen LogP contribution >= 0.6 is 24.0 Å². The first-order chi connectivity index (χ1) is 14.1. The second kappa shape index (κ2) is 12.7. The monoisotopic (exact) mass is 531 g/mol. The van der Waals surface area contributed by atoms with Gasteiger partial charge in [-0.15, -0.1) is 24.0 Å². The van der Waals surface area contributed by atoms with Gasteiger partial charge in [0.15, 0.2) is 5.96 Å². The lowest BCUT2D eigenvalue weighted by atomic mass is 10.2. The molecule has 2 aliphatic heterocycles. The summed E-state index contributed by atoms with van der Waals surface area (Å²) in [6.45, 7) is 4.24. The van der Waals surface area contributed by atoms with Crippen LogP contribution in [0.4, 0.5) is 5.69 Å². The van der Waals surface area contributed by atoms with E-state index in [9.17, 15) is 14.9 Å². The van der Waals surface area contributed by atoms with Crippen LogP contribution in [0.15, 0.2) is 29.3 Å².